The highest BCUT2D eigenvalue weighted by Crippen LogP contribution is 2.26. The van der Waals surface area contributed by atoms with Gasteiger partial charge < -0.3 is 11.1 Å². The summed E-state index contributed by atoms with van der Waals surface area (Å²) in [5.41, 5.74) is 10.6. The Kier molecular flexibility index (Phi) is 8.12. The summed E-state index contributed by atoms with van der Waals surface area (Å²) < 4.78 is 28.8. The first-order valence-electron chi connectivity index (χ1n) is 10.5. The van der Waals surface area contributed by atoms with Crippen LogP contribution in [0.5, 0.6) is 0 Å². The van der Waals surface area contributed by atoms with Crippen molar-refractivity contribution in [3.05, 3.63) is 75.6 Å². The minimum atomic E-state index is -3.26. The fourth-order valence-electron chi connectivity index (χ4n) is 3.49. The highest BCUT2D eigenvalue weighted by molar-refractivity contribution is 6.30. The van der Waals surface area contributed by atoms with Crippen molar-refractivity contribution >= 4 is 23.4 Å². The normalized spacial score (nSPS) is 14.6. The monoisotopic (exact) mass is 477 g/mol. The van der Waals surface area contributed by atoms with Gasteiger partial charge in [-0.25, -0.2) is 5.43 Å². The number of hydrazine groups is 1. The van der Waals surface area contributed by atoms with E-state index >= 15 is 0 Å². The zero-order chi connectivity index (χ0) is 24.0. The summed E-state index contributed by atoms with van der Waals surface area (Å²) in [6.07, 6.45) is 1.61. The molecule has 176 valence electrons. The van der Waals surface area contributed by atoms with E-state index in [-0.39, 0.29) is 36.7 Å². The van der Waals surface area contributed by atoms with E-state index in [1.54, 1.807) is 31.2 Å². The van der Waals surface area contributed by atoms with Gasteiger partial charge in [0.15, 0.2) is 0 Å². The summed E-state index contributed by atoms with van der Waals surface area (Å²) in [5, 5.41) is 4.44. The quantitative estimate of drug-likeness (QED) is 0.515. The van der Waals surface area contributed by atoms with Gasteiger partial charge in [0.05, 0.1) is 13.0 Å². The third-order valence-electron chi connectivity index (χ3n) is 5.46. The number of hydrogen-bond donors (Lipinski definition) is 3. The molecule has 3 rings (SSSR count). The van der Waals surface area contributed by atoms with Gasteiger partial charge >= 0.3 is 5.92 Å². The number of halogens is 3. The summed E-state index contributed by atoms with van der Waals surface area (Å²) in [6, 6.07) is 9.51. The zero-order valence-corrected chi connectivity index (χ0v) is 19.0. The van der Waals surface area contributed by atoms with E-state index in [1.165, 1.54) is 18.3 Å². The molecule has 2 amide bonds. The van der Waals surface area contributed by atoms with Crippen LogP contribution >= 0.6 is 11.6 Å². The Labute approximate surface area is 196 Å². The number of nitrogens with two attached hydrogens (primary N) is 1. The van der Waals surface area contributed by atoms with Crippen molar-refractivity contribution in [2.24, 2.45) is 5.73 Å². The van der Waals surface area contributed by atoms with Crippen LogP contribution in [-0.4, -0.2) is 34.9 Å². The van der Waals surface area contributed by atoms with E-state index in [1.807, 2.05) is 0 Å². The fraction of sp³-hybridized carbons (Fsp3) is 0.348. The number of pyridine rings is 1. The highest BCUT2D eigenvalue weighted by Gasteiger charge is 2.35. The molecule has 0 saturated carbocycles. The largest absolute Gasteiger partial charge is 0.352 e. The second-order valence-corrected chi connectivity index (χ2v) is 8.23. The molecule has 0 radical (unpaired) electrons. The topological polar surface area (TPSA) is 100 Å². The number of aromatic nitrogens is 1. The maximum Gasteiger partial charge on any atom is 0.303 e. The van der Waals surface area contributed by atoms with Gasteiger partial charge in [0.25, 0.3) is 5.91 Å². The van der Waals surface area contributed by atoms with Crippen LogP contribution in [-0.2, 0) is 28.6 Å². The predicted molar refractivity (Wildman–Crippen MR) is 121 cm³/mol. The van der Waals surface area contributed by atoms with E-state index in [2.05, 4.69) is 15.7 Å². The lowest BCUT2D eigenvalue weighted by atomic mass is 9.98. The molecule has 2 heterocycles. The Balaban J connectivity index is 1.59. The Hall–Kier alpha value is -2.88. The molecule has 7 nitrogen and oxygen atoms in total. The van der Waals surface area contributed by atoms with E-state index < -0.39 is 18.4 Å². The molecule has 0 fully saturated rings. The van der Waals surface area contributed by atoms with Crippen LogP contribution in [0.15, 0.2) is 53.7 Å². The first kappa shape index (κ1) is 24.8. The molecule has 0 atom stereocenters. The summed E-state index contributed by atoms with van der Waals surface area (Å²) >= 11 is 6.02. The van der Waals surface area contributed by atoms with E-state index in [9.17, 15) is 18.4 Å². The number of alkyl halides is 2. The lowest BCUT2D eigenvalue weighted by molar-refractivity contribution is -0.134. The average molecular weight is 478 g/mol. The molecule has 1 aliphatic heterocycles. The maximum atomic E-state index is 14.4. The molecule has 1 aliphatic rings. The lowest BCUT2D eigenvalue weighted by Gasteiger charge is -2.31. The number of nitrogens with one attached hydrogen (secondary N) is 2. The highest BCUT2D eigenvalue weighted by atomic mass is 35.5. The van der Waals surface area contributed by atoms with Crippen LogP contribution in [0.2, 0.25) is 5.02 Å². The minimum absolute atomic E-state index is 0.155. The van der Waals surface area contributed by atoms with Crippen molar-refractivity contribution in [1.29, 1.82) is 0 Å². The van der Waals surface area contributed by atoms with Crippen molar-refractivity contribution in [1.82, 2.24) is 20.7 Å². The summed E-state index contributed by atoms with van der Waals surface area (Å²) in [6.45, 7) is 1.73. The predicted octanol–water partition coefficient (Wildman–Crippen LogP) is 3.05. The number of carbonyl (C=O) groups excluding carboxylic acids is 2. The minimum Gasteiger partial charge on any atom is -0.352 e. The molecule has 4 N–H and O–H groups in total. The summed E-state index contributed by atoms with van der Waals surface area (Å²) in [5.74, 6) is -4.11. The number of benzene rings is 1. The number of hydrogen-bond acceptors (Lipinski definition) is 5. The molecule has 33 heavy (non-hydrogen) atoms. The molecule has 0 spiro atoms. The molecule has 10 heteroatoms. The molecular formula is C23H26ClF2N5O2. The van der Waals surface area contributed by atoms with E-state index in [4.69, 9.17) is 17.3 Å². The Bertz CT molecular complexity index is 1050. The van der Waals surface area contributed by atoms with Crippen molar-refractivity contribution in [3.63, 3.8) is 0 Å². The maximum absolute atomic E-state index is 14.4. The lowest BCUT2D eigenvalue weighted by Crippen LogP contribution is -2.50. The van der Waals surface area contributed by atoms with Crippen LogP contribution in [0.1, 0.15) is 36.6 Å². The third kappa shape index (κ3) is 6.34. The van der Waals surface area contributed by atoms with Gasteiger partial charge in [-0.15, -0.1) is 0 Å². The molecule has 0 bridgehead atoms. The number of nitrogens with zero attached hydrogens (tertiary/aromatic N) is 2. The van der Waals surface area contributed by atoms with Gasteiger partial charge in [0.1, 0.15) is 5.69 Å². The van der Waals surface area contributed by atoms with Crippen LogP contribution < -0.4 is 16.5 Å². The molecule has 0 aliphatic carbocycles. The smallest absolute Gasteiger partial charge is 0.303 e. The molecule has 0 saturated heterocycles. The van der Waals surface area contributed by atoms with Crippen LogP contribution in [0, 0.1) is 0 Å². The van der Waals surface area contributed by atoms with Crippen LogP contribution in [0.25, 0.3) is 0 Å². The van der Waals surface area contributed by atoms with Gasteiger partial charge in [-0.1, -0.05) is 29.3 Å². The molecule has 1 aromatic carbocycles. The van der Waals surface area contributed by atoms with Crippen molar-refractivity contribution in [2.45, 2.75) is 38.8 Å². The third-order valence-corrected chi connectivity index (χ3v) is 5.70. The van der Waals surface area contributed by atoms with Crippen LogP contribution in [0.3, 0.4) is 0 Å². The first-order chi connectivity index (χ1) is 15.7. The molecule has 1 aromatic heterocycles. The molecule has 0 unspecified atom stereocenters. The zero-order valence-electron chi connectivity index (χ0n) is 18.2. The van der Waals surface area contributed by atoms with Crippen molar-refractivity contribution in [2.75, 3.05) is 13.1 Å². The summed E-state index contributed by atoms with van der Waals surface area (Å²) in [4.78, 5) is 29.1. The van der Waals surface area contributed by atoms with Crippen molar-refractivity contribution in [3.8, 4) is 0 Å². The Morgan fingerprint density at radius 1 is 1.27 bits per heavy atom. The van der Waals surface area contributed by atoms with Crippen molar-refractivity contribution < 1.29 is 18.4 Å². The van der Waals surface area contributed by atoms with Gasteiger partial charge in [0.2, 0.25) is 5.91 Å². The first-order valence-corrected chi connectivity index (χ1v) is 10.9. The van der Waals surface area contributed by atoms with Gasteiger partial charge in [-0.3, -0.25) is 19.6 Å². The van der Waals surface area contributed by atoms with Gasteiger partial charge in [-0.05, 0) is 48.7 Å². The second-order valence-electron chi connectivity index (χ2n) is 7.79. The average Bonchev–Trinajstić information content (AvgIpc) is 2.80. The number of amides is 2. The van der Waals surface area contributed by atoms with E-state index in [0.29, 0.717) is 18.0 Å². The Morgan fingerprint density at radius 3 is 2.76 bits per heavy atom. The van der Waals surface area contributed by atoms with Crippen LogP contribution in [0.4, 0.5) is 8.78 Å². The van der Waals surface area contributed by atoms with E-state index in [0.717, 1.165) is 21.7 Å². The number of carbonyl (C=O) groups is 2. The fourth-order valence-corrected chi connectivity index (χ4v) is 3.69. The Morgan fingerprint density at radius 2 is 2.06 bits per heavy atom. The SMILES string of the molecule is CC1=C(CC(=O)NCc2cc(Cl)ccc2CN)C(=O)N(NCC(F)(F)c2ccccn2)CC1. The molecular weight excluding hydrogens is 452 g/mol. The standard InChI is InChI=1S/C23H26ClF2N5O2/c1-15-7-9-31(30-14-23(25,26)20-4-2-3-8-28-20)22(33)19(15)11-21(32)29-13-17-10-18(24)6-5-16(17)12-27/h2-6,8,10,30H,7,9,11-14,27H2,1H3,(H,29,32). The number of rotatable bonds is 9. The molecule has 2 aromatic rings. The van der Waals surface area contributed by atoms with Gasteiger partial charge in [0, 0.05) is 36.4 Å². The second kappa shape index (κ2) is 10.8. The van der Waals surface area contributed by atoms with Gasteiger partial charge in [-0.2, -0.15) is 8.78 Å². The summed E-state index contributed by atoms with van der Waals surface area (Å²) in [7, 11) is 0.